The second kappa shape index (κ2) is 5.66. The zero-order valence-corrected chi connectivity index (χ0v) is 13.7. The minimum Gasteiger partial charge on any atom is -0.459 e. The second-order valence-corrected chi connectivity index (χ2v) is 7.35. The average molecular weight is 349 g/mol. The average Bonchev–Trinajstić information content (AvgIpc) is 3.31. The molecule has 8 nitrogen and oxygen atoms in total. The maximum Gasteiger partial charge on any atom is 0.330 e. The van der Waals surface area contributed by atoms with Crippen LogP contribution in [0.5, 0.6) is 0 Å². The second-order valence-electron chi connectivity index (χ2n) is 5.85. The van der Waals surface area contributed by atoms with E-state index in [1.807, 2.05) is 6.92 Å². The van der Waals surface area contributed by atoms with E-state index in [4.69, 9.17) is 13.6 Å². The molecule has 2 aliphatic heterocycles. The Morgan fingerprint density at radius 2 is 2.42 bits per heavy atom. The van der Waals surface area contributed by atoms with Gasteiger partial charge in [0.2, 0.25) is 5.91 Å². The van der Waals surface area contributed by atoms with Gasteiger partial charge in [-0.15, -0.1) is 22.0 Å². The van der Waals surface area contributed by atoms with E-state index in [9.17, 15) is 9.59 Å². The van der Waals surface area contributed by atoms with E-state index in [1.165, 1.54) is 6.26 Å². The molecule has 0 spiro atoms. The summed E-state index contributed by atoms with van der Waals surface area (Å²) >= 11 is 1.62. The minimum atomic E-state index is -0.553. The predicted molar refractivity (Wildman–Crippen MR) is 82.5 cm³/mol. The third kappa shape index (κ3) is 2.48. The largest absolute Gasteiger partial charge is 0.459 e. The Labute approximate surface area is 141 Å². The zero-order valence-electron chi connectivity index (χ0n) is 12.9. The number of rotatable bonds is 4. The number of fused-ring (bicyclic) bond motifs is 1. The van der Waals surface area contributed by atoms with E-state index < -0.39 is 12.0 Å². The fourth-order valence-corrected chi connectivity index (χ4v) is 4.45. The molecule has 0 radical (unpaired) electrons. The lowest BCUT2D eigenvalue weighted by Crippen LogP contribution is -2.46. The highest BCUT2D eigenvalue weighted by atomic mass is 32.2. The number of nitrogens with zero attached hydrogens (tertiary/aromatic N) is 3. The monoisotopic (exact) mass is 349 g/mol. The molecule has 24 heavy (non-hydrogen) atoms. The fourth-order valence-electron chi connectivity index (χ4n) is 3.04. The number of aromatic nitrogens is 2. The van der Waals surface area contributed by atoms with Gasteiger partial charge in [-0.3, -0.25) is 4.79 Å². The van der Waals surface area contributed by atoms with Crippen LogP contribution < -0.4 is 0 Å². The van der Waals surface area contributed by atoms with Crippen molar-refractivity contribution < 1.29 is 23.2 Å². The lowest BCUT2D eigenvalue weighted by atomic mass is 10.2. The van der Waals surface area contributed by atoms with Crippen LogP contribution in [0.4, 0.5) is 0 Å². The lowest BCUT2D eigenvalue weighted by Gasteiger charge is -2.29. The Morgan fingerprint density at radius 1 is 1.54 bits per heavy atom. The molecular formula is C15H15N3O5S. The summed E-state index contributed by atoms with van der Waals surface area (Å²) in [5.41, 5.74) is 0. The summed E-state index contributed by atoms with van der Waals surface area (Å²) in [6.07, 6.45) is 2.74. The van der Waals surface area contributed by atoms with Crippen molar-refractivity contribution in [1.82, 2.24) is 15.1 Å². The number of hydrogen-bond donors (Lipinski definition) is 0. The van der Waals surface area contributed by atoms with E-state index in [-0.39, 0.29) is 29.2 Å². The predicted octanol–water partition coefficient (Wildman–Crippen LogP) is 1.83. The normalized spacial score (nSPS) is 26.0. The van der Waals surface area contributed by atoms with Gasteiger partial charge in [0.15, 0.2) is 12.4 Å². The number of hydrogen-bond acceptors (Lipinski definition) is 8. The van der Waals surface area contributed by atoms with Crippen LogP contribution in [-0.4, -0.2) is 43.6 Å². The number of amides is 1. The fraction of sp³-hybridized carbons (Fsp3) is 0.467. The van der Waals surface area contributed by atoms with Crippen LogP contribution in [0, 0.1) is 0 Å². The molecule has 2 aliphatic rings. The van der Waals surface area contributed by atoms with Crippen LogP contribution >= 0.6 is 11.8 Å². The van der Waals surface area contributed by atoms with Crippen molar-refractivity contribution in [2.75, 3.05) is 5.75 Å². The van der Waals surface area contributed by atoms with E-state index in [0.29, 0.717) is 17.9 Å². The molecule has 4 heterocycles. The molecule has 9 heteroatoms. The first-order valence-electron chi connectivity index (χ1n) is 7.56. The van der Waals surface area contributed by atoms with Crippen molar-refractivity contribution in [3.8, 4) is 11.7 Å². The number of ether oxygens (including phenoxy) is 1. The van der Waals surface area contributed by atoms with Gasteiger partial charge >= 0.3 is 5.97 Å². The number of carbonyl (C=O) groups is 2. The maximum absolute atomic E-state index is 12.3. The topological polar surface area (TPSA) is 98.7 Å². The quantitative estimate of drug-likeness (QED) is 0.771. The Hall–Kier alpha value is -2.29. The van der Waals surface area contributed by atoms with Gasteiger partial charge in [0.05, 0.1) is 11.1 Å². The highest BCUT2D eigenvalue weighted by molar-refractivity contribution is 8.01. The SMILES string of the molecule is C[C@]12CCC(=O)N1[C@H](C(=O)OCc1nnc(-c3ccco3)o1)CS2. The molecule has 0 aliphatic carbocycles. The van der Waals surface area contributed by atoms with E-state index in [0.717, 1.165) is 6.42 Å². The first kappa shape index (κ1) is 15.3. The van der Waals surface area contributed by atoms with Crippen molar-refractivity contribution in [2.45, 2.75) is 37.3 Å². The number of furan rings is 1. The van der Waals surface area contributed by atoms with Crippen LogP contribution in [0.25, 0.3) is 11.7 Å². The van der Waals surface area contributed by atoms with Gasteiger partial charge in [0.25, 0.3) is 11.8 Å². The minimum absolute atomic E-state index is 0.00217. The Balaban J connectivity index is 1.40. The highest BCUT2D eigenvalue weighted by Gasteiger charge is 2.53. The molecule has 0 aromatic carbocycles. The highest BCUT2D eigenvalue weighted by Crippen LogP contribution is 2.47. The van der Waals surface area contributed by atoms with E-state index >= 15 is 0 Å². The van der Waals surface area contributed by atoms with Crippen molar-refractivity contribution in [3.63, 3.8) is 0 Å². The molecule has 126 valence electrons. The molecule has 2 aromatic heterocycles. The lowest BCUT2D eigenvalue weighted by molar-refractivity contribution is -0.155. The number of thioether (sulfide) groups is 1. The summed E-state index contributed by atoms with van der Waals surface area (Å²) in [6, 6.07) is 2.85. The molecule has 0 N–H and O–H groups in total. The molecule has 0 unspecified atom stereocenters. The summed E-state index contributed by atoms with van der Waals surface area (Å²) in [6.45, 7) is 1.86. The van der Waals surface area contributed by atoms with Crippen LogP contribution in [0.1, 0.15) is 25.7 Å². The van der Waals surface area contributed by atoms with Crippen molar-refractivity contribution >= 4 is 23.6 Å². The summed E-state index contributed by atoms with van der Waals surface area (Å²) < 4.78 is 15.8. The van der Waals surface area contributed by atoms with Gasteiger partial charge in [-0.2, -0.15) is 0 Å². The smallest absolute Gasteiger partial charge is 0.330 e. The van der Waals surface area contributed by atoms with Crippen LogP contribution in [0.2, 0.25) is 0 Å². The van der Waals surface area contributed by atoms with E-state index in [2.05, 4.69) is 10.2 Å². The Bertz CT molecular complexity index is 774. The van der Waals surface area contributed by atoms with Gasteiger partial charge in [-0.25, -0.2) is 4.79 Å². The standard InChI is InChI=1S/C15H15N3O5S/c1-15-5-4-12(19)18(15)9(8-24-15)14(20)22-7-11-16-17-13(23-11)10-3-2-6-21-10/h2-3,6,9H,4-5,7-8H2,1H3/t9-,15-/m0/s1. The molecule has 1 amide bonds. The molecule has 0 saturated carbocycles. The van der Waals surface area contributed by atoms with Gasteiger partial charge in [-0.05, 0) is 25.5 Å². The molecule has 2 saturated heterocycles. The van der Waals surface area contributed by atoms with Crippen LogP contribution in [0.3, 0.4) is 0 Å². The van der Waals surface area contributed by atoms with Gasteiger partial charge in [-0.1, -0.05) is 0 Å². The zero-order chi connectivity index (χ0) is 16.7. The summed E-state index contributed by atoms with van der Waals surface area (Å²) in [7, 11) is 0. The maximum atomic E-state index is 12.3. The molecule has 0 bridgehead atoms. The summed E-state index contributed by atoms with van der Waals surface area (Å²) in [4.78, 5) is 25.7. The third-order valence-electron chi connectivity index (χ3n) is 4.25. The Kier molecular flexibility index (Phi) is 3.60. The molecule has 2 atom stereocenters. The van der Waals surface area contributed by atoms with Crippen molar-refractivity contribution in [1.29, 1.82) is 0 Å². The first-order valence-corrected chi connectivity index (χ1v) is 8.54. The van der Waals surface area contributed by atoms with E-state index in [1.54, 1.807) is 28.8 Å². The van der Waals surface area contributed by atoms with Crippen LogP contribution in [0.15, 0.2) is 27.2 Å². The van der Waals surface area contributed by atoms with Gasteiger partial charge in [0.1, 0.15) is 6.04 Å². The molecule has 2 fully saturated rings. The van der Waals surface area contributed by atoms with Crippen LogP contribution in [-0.2, 0) is 20.9 Å². The number of esters is 1. The summed E-state index contributed by atoms with van der Waals surface area (Å²) in [5, 5.41) is 7.67. The van der Waals surface area contributed by atoms with Gasteiger partial charge in [0, 0.05) is 12.2 Å². The third-order valence-corrected chi connectivity index (χ3v) is 5.76. The molecule has 4 rings (SSSR count). The number of carbonyl (C=O) groups excluding carboxylic acids is 2. The van der Waals surface area contributed by atoms with Gasteiger partial charge < -0.3 is 18.5 Å². The summed E-state index contributed by atoms with van der Waals surface area (Å²) in [5.74, 6) is 0.954. The molecule has 2 aromatic rings. The van der Waals surface area contributed by atoms with Crippen molar-refractivity contribution in [3.05, 3.63) is 24.3 Å². The Morgan fingerprint density at radius 3 is 3.21 bits per heavy atom. The first-order chi connectivity index (χ1) is 11.6. The van der Waals surface area contributed by atoms with Crippen molar-refractivity contribution in [2.24, 2.45) is 0 Å². The molecular weight excluding hydrogens is 334 g/mol.